The topological polar surface area (TPSA) is 23.5 Å². The molecule has 0 saturated heterocycles. The fourth-order valence-electron chi connectivity index (χ4n) is 2.02. The highest BCUT2D eigenvalue weighted by atomic mass is 16.3. The van der Waals surface area contributed by atoms with Crippen LogP contribution in [-0.4, -0.2) is 35.7 Å². The van der Waals surface area contributed by atoms with Gasteiger partial charge in [-0.1, -0.05) is 27.2 Å². The lowest BCUT2D eigenvalue weighted by atomic mass is 9.81. The summed E-state index contributed by atoms with van der Waals surface area (Å²) >= 11 is 0. The first-order valence-corrected chi connectivity index (χ1v) is 5.75. The first kappa shape index (κ1) is 13.9. The molecule has 0 aliphatic rings. The lowest BCUT2D eigenvalue weighted by Gasteiger charge is -2.42. The Balaban J connectivity index is 4.51. The molecule has 86 valence electrons. The van der Waals surface area contributed by atoms with Crippen molar-refractivity contribution in [3.05, 3.63) is 0 Å². The van der Waals surface area contributed by atoms with Gasteiger partial charge >= 0.3 is 0 Å². The fourth-order valence-corrected chi connectivity index (χ4v) is 2.02. The van der Waals surface area contributed by atoms with Crippen molar-refractivity contribution < 1.29 is 5.11 Å². The van der Waals surface area contributed by atoms with Crippen LogP contribution >= 0.6 is 0 Å². The minimum Gasteiger partial charge on any atom is -0.391 e. The molecule has 0 aromatic rings. The Bertz CT molecular complexity index is 158. The minimum absolute atomic E-state index is 0.0887. The van der Waals surface area contributed by atoms with Gasteiger partial charge in [-0.05, 0) is 39.8 Å². The van der Waals surface area contributed by atoms with E-state index in [-0.39, 0.29) is 11.6 Å². The molecule has 0 heterocycles. The zero-order chi connectivity index (χ0) is 11.4. The van der Waals surface area contributed by atoms with Gasteiger partial charge in [0, 0.05) is 5.54 Å². The summed E-state index contributed by atoms with van der Waals surface area (Å²) in [5.74, 6) is 0.382. The van der Waals surface area contributed by atoms with Gasteiger partial charge in [0.15, 0.2) is 0 Å². The van der Waals surface area contributed by atoms with E-state index in [1.165, 1.54) is 0 Å². The van der Waals surface area contributed by atoms with Gasteiger partial charge in [-0.15, -0.1) is 0 Å². The van der Waals surface area contributed by atoms with Gasteiger partial charge in [0.2, 0.25) is 0 Å². The third-order valence-corrected chi connectivity index (χ3v) is 3.66. The van der Waals surface area contributed by atoms with Crippen LogP contribution < -0.4 is 0 Å². The van der Waals surface area contributed by atoms with Gasteiger partial charge < -0.3 is 10.0 Å². The second kappa shape index (κ2) is 5.72. The Morgan fingerprint density at radius 3 is 2.07 bits per heavy atom. The van der Waals surface area contributed by atoms with Crippen molar-refractivity contribution in [1.82, 2.24) is 4.90 Å². The largest absolute Gasteiger partial charge is 0.391 e. The summed E-state index contributed by atoms with van der Waals surface area (Å²) in [5.41, 5.74) is -0.0887. The second-order valence-corrected chi connectivity index (χ2v) is 4.82. The summed E-state index contributed by atoms with van der Waals surface area (Å²) in [6, 6.07) is 0. The highest BCUT2D eigenvalue weighted by Crippen LogP contribution is 2.27. The summed E-state index contributed by atoms with van der Waals surface area (Å²) < 4.78 is 0. The SMILES string of the molecule is CCCC(C)C(O)C(C)(CC)N(C)C. The van der Waals surface area contributed by atoms with Crippen LogP contribution in [0.1, 0.15) is 47.0 Å². The number of hydrogen-bond donors (Lipinski definition) is 1. The van der Waals surface area contributed by atoms with E-state index in [4.69, 9.17) is 0 Å². The first-order chi connectivity index (χ1) is 6.40. The van der Waals surface area contributed by atoms with Gasteiger partial charge in [-0.3, -0.25) is 0 Å². The molecule has 0 rings (SSSR count). The van der Waals surface area contributed by atoms with Gasteiger partial charge in [0.1, 0.15) is 0 Å². The summed E-state index contributed by atoms with van der Waals surface area (Å²) in [6.07, 6.45) is 2.99. The molecule has 2 nitrogen and oxygen atoms in total. The number of rotatable bonds is 6. The maximum Gasteiger partial charge on any atom is 0.0746 e. The Hall–Kier alpha value is -0.0800. The molecule has 3 atom stereocenters. The Morgan fingerprint density at radius 1 is 1.29 bits per heavy atom. The van der Waals surface area contributed by atoms with Gasteiger partial charge in [-0.2, -0.15) is 0 Å². The maximum absolute atomic E-state index is 10.3. The number of hydrogen-bond acceptors (Lipinski definition) is 2. The minimum atomic E-state index is -0.234. The standard InChI is InChI=1S/C12H27NO/c1-7-9-10(3)11(14)12(4,8-2)13(5)6/h10-11,14H,7-9H2,1-6H3. The van der Waals surface area contributed by atoms with Crippen LogP contribution in [0.3, 0.4) is 0 Å². The molecule has 0 amide bonds. The summed E-state index contributed by atoms with van der Waals surface area (Å²) in [4.78, 5) is 2.14. The lowest BCUT2D eigenvalue weighted by Crippen LogP contribution is -2.53. The van der Waals surface area contributed by atoms with Crippen molar-refractivity contribution in [3.63, 3.8) is 0 Å². The zero-order valence-electron chi connectivity index (χ0n) is 10.7. The van der Waals surface area contributed by atoms with Crippen LogP contribution in [0.2, 0.25) is 0 Å². The van der Waals surface area contributed by atoms with E-state index in [2.05, 4.69) is 32.6 Å². The van der Waals surface area contributed by atoms with Crippen molar-refractivity contribution in [2.24, 2.45) is 5.92 Å². The quantitative estimate of drug-likeness (QED) is 0.714. The van der Waals surface area contributed by atoms with Crippen molar-refractivity contribution in [3.8, 4) is 0 Å². The third-order valence-electron chi connectivity index (χ3n) is 3.66. The Morgan fingerprint density at radius 2 is 1.79 bits per heavy atom. The number of aliphatic hydroxyl groups excluding tert-OH is 1. The highest BCUT2D eigenvalue weighted by Gasteiger charge is 2.36. The van der Waals surface area contributed by atoms with E-state index in [1.807, 2.05) is 14.1 Å². The van der Waals surface area contributed by atoms with E-state index in [0.29, 0.717) is 5.92 Å². The average Bonchev–Trinajstić information content (AvgIpc) is 2.15. The first-order valence-electron chi connectivity index (χ1n) is 5.75. The molecule has 0 saturated carbocycles. The monoisotopic (exact) mass is 201 g/mol. The molecule has 0 aromatic heterocycles. The average molecular weight is 201 g/mol. The number of nitrogens with zero attached hydrogens (tertiary/aromatic N) is 1. The van der Waals surface area contributed by atoms with E-state index in [1.54, 1.807) is 0 Å². The molecular weight excluding hydrogens is 174 g/mol. The molecule has 1 N–H and O–H groups in total. The van der Waals surface area contributed by atoms with Crippen LogP contribution in [0.4, 0.5) is 0 Å². The fraction of sp³-hybridized carbons (Fsp3) is 1.00. The zero-order valence-corrected chi connectivity index (χ0v) is 10.7. The second-order valence-electron chi connectivity index (χ2n) is 4.82. The van der Waals surface area contributed by atoms with Crippen molar-refractivity contribution in [2.45, 2.75) is 58.6 Å². The van der Waals surface area contributed by atoms with Crippen LogP contribution in [0.15, 0.2) is 0 Å². The van der Waals surface area contributed by atoms with Gasteiger partial charge in [-0.25, -0.2) is 0 Å². The molecule has 0 aromatic carbocycles. The van der Waals surface area contributed by atoms with E-state index < -0.39 is 0 Å². The Labute approximate surface area is 89.3 Å². The van der Waals surface area contributed by atoms with Crippen LogP contribution in [0.5, 0.6) is 0 Å². The molecule has 0 aliphatic carbocycles. The number of aliphatic hydroxyl groups is 1. The van der Waals surface area contributed by atoms with Crippen molar-refractivity contribution in [1.29, 1.82) is 0 Å². The highest BCUT2D eigenvalue weighted by molar-refractivity contribution is 4.91. The van der Waals surface area contributed by atoms with E-state index in [9.17, 15) is 5.11 Å². The molecule has 3 unspecified atom stereocenters. The molecule has 0 bridgehead atoms. The summed E-state index contributed by atoms with van der Waals surface area (Å²) in [7, 11) is 4.09. The van der Waals surface area contributed by atoms with E-state index >= 15 is 0 Å². The Kier molecular flexibility index (Phi) is 5.68. The van der Waals surface area contributed by atoms with Crippen molar-refractivity contribution in [2.75, 3.05) is 14.1 Å². The molecule has 0 fully saturated rings. The van der Waals surface area contributed by atoms with Gasteiger partial charge in [0.05, 0.1) is 6.10 Å². The predicted octanol–water partition coefficient (Wildman–Crippen LogP) is 2.51. The van der Waals surface area contributed by atoms with E-state index in [0.717, 1.165) is 19.3 Å². The molecule has 14 heavy (non-hydrogen) atoms. The number of likely N-dealkylation sites (N-methyl/N-ethyl adjacent to an activating group) is 1. The molecule has 0 spiro atoms. The lowest BCUT2D eigenvalue weighted by molar-refractivity contribution is -0.0314. The summed E-state index contributed by atoms with van der Waals surface area (Å²) in [6.45, 7) is 8.60. The third kappa shape index (κ3) is 2.96. The summed E-state index contributed by atoms with van der Waals surface area (Å²) in [5, 5.41) is 10.3. The van der Waals surface area contributed by atoms with Crippen molar-refractivity contribution >= 4 is 0 Å². The van der Waals surface area contributed by atoms with Gasteiger partial charge in [0.25, 0.3) is 0 Å². The smallest absolute Gasteiger partial charge is 0.0746 e. The molecule has 0 aliphatic heterocycles. The van der Waals surface area contributed by atoms with Crippen LogP contribution in [0, 0.1) is 5.92 Å². The molecular formula is C12H27NO. The predicted molar refractivity (Wildman–Crippen MR) is 62.5 cm³/mol. The normalized spacial score (nSPS) is 20.6. The van der Waals surface area contributed by atoms with Crippen LogP contribution in [0.25, 0.3) is 0 Å². The van der Waals surface area contributed by atoms with Crippen LogP contribution in [-0.2, 0) is 0 Å². The molecule has 0 radical (unpaired) electrons. The molecule has 2 heteroatoms. The maximum atomic E-state index is 10.3.